The molecule has 6 nitrogen and oxygen atoms in total. The summed E-state index contributed by atoms with van der Waals surface area (Å²) in [6.45, 7) is 3.07. The summed E-state index contributed by atoms with van der Waals surface area (Å²) in [5.41, 5.74) is 7.63. The van der Waals surface area contributed by atoms with Crippen molar-refractivity contribution < 1.29 is 13.2 Å². The largest absolute Gasteiger partial charge is 0.369 e. The summed E-state index contributed by atoms with van der Waals surface area (Å²) in [5.74, 6) is -0.487. The molecule has 1 heterocycles. The number of nitrogens with two attached hydrogens (primary N) is 1. The van der Waals surface area contributed by atoms with Crippen molar-refractivity contribution in [2.24, 2.45) is 5.73 Å². The molecule has 1 amide bonds. The average molecular weight is 359 g/mol. The minimum absolute atomic E-state index is 0.216. The number of para-hydroxylation sites is 1. The Kier molecular flexibility index (Phi) is 4.78. The van der Waals surface area contributed by atoms with Crippen molar-refractivity contribution in [1.82, 2.24) is 4.72 Å². The molecule has 2 aromatic carbocycles. The van der Waals surface area contributed by atoms with Crippen LogP contribution in [0.2, 0.25) is 0 Å². The first-order valence-corrected chi connectivity index (χ1v) is 9.58. The Morgan fingerprint density at radius 3 is 2.52 bits per heavy atom. The molecular formula is C18H21N3O3S. The Labute approximate surface area is 147 Å². The molecular weight excluding hydrogens is 338 g/mol. The molecule has 0 saturated carbocycles. The van der Waals surface area contributed by atoms with Gasteiger partial charge in [-0.25, -0.2) is 13.1 Å². The van der Waals surface area contributed by atoms with Crippen LogP contribution in [0.1, 0.15) is 22.3 Å². The molecule has 0 bridgehead atoms. The van der Waals surface area contributed by atoms with Crippen molar-refractivity contribution >= 4 is 21.6 Å². The van der Waals surface area contributed by atoms with E-state index in [2.05, 4.69) is 4.72 Å². The number of hydrogen-bond acceptors (Lipinski definition) is 4. The summed E-state index contributed by atoms with van der Waals surface area (Å²) in [4.78, 5) is 13.8. The number of rotatable bonds is 5. The van der Waals surface area contributed by atoms with Crippen LogP contribution in [-0.4, -0.2) is 33.5 Å². The van der Waals surface area contributed by atoms with Crippen molar-refractivity contribution in [2.75, 3.05) is 18.0 Å². The third-order valence-electron chi connectivity index (χ3n) is 4.35. The molecule has 1 saturated heterocycles. The second-order valence-electron chi connectivity index (χ2n) is 6.25. The van der Waals surface area contributed by atoms with Gasteiger partial charge < -0.3 is 10.6 Å². The van der Waals surface area contributed by atoms with Crippen molar-refractivity contribution in [3.63, 3.8) is 0 Å². The van der Waals surface area contributed by atoms with Gasteiger partial charge in [0.1, 0.15) is 0 Å². The fraction of sp³-hybridized carbons (Fsp3) is 0.278. The maximum Gasteiger partial charge on any atom is 0.250 e. The second-order valence-corrected chi connectivity index (χ2v) is 7.96. The minimum atomic E-state index is -3.56. The molecule has 1 aliphatic rings. The van der Waals surface area contributed by atoms with Gasteiger partial charge in [0.2, 0.25) is 10.0 Å². The van der Waals surface area contributed by atoms with Gasteiger partial charge in [0.05, 0.1) is 10.5 Å². The Morgan fingerprint density at radius 2 is 1.84 bits per heavy atom. The lowest BCUT2D eigenvalue weighted by Crippen LogP contribution is -2.37. The van der Waals surface area contributed by atoms with E-state index < -0.39 is 15.9 Å². The predicted molar refractivity (Wildman–Crippen MR) is 97.1 cm³/mol. The summed E-state index contributed by atoms with van der Waals surface area (Å²) in [6.07, 6.45) is 0.665. The molecule has 0 radical (unpaired) electrons. The third kappa shape index (κ3) is 3.83. The zero-order chi connectivity index (χ0) is 18.0. The Morgan fingerprint density at radius 1 is 1.16 bits per heavy atom. The number of nitrogens with zero attached hydrogens (tertiary/aromatic N) is 1. The van der Waals surface area contributed by atoms with Gasteiger partial charge in [-0.2, -0.15) is 0 Å². The van der Waals surface area contributed by atoms with Gasteiger partial charge in [-0.3, -0.25) is 4.79 Å². The van der Waals surface area contributed by atoms with Crippen LogP contribution in [0.5, 0.6) is 0 Å². The Bertz CT molecular complexity index is 879. The molecule has 0 aromatic heterocycles. The summed E-state index contributed by atoms with van der Waals surface area (Å²) < 4.78 is 27.8. The van der Waals surface area contributed by atoms with Crippen LogP contribution in [0.25, 0.3) is 0 Å². The molecule has 0 aliphatic carbocycles. The first-order chi connectivity index (χ1) is 11.9. The van der Waals surface area contributed by atoms with E-state index in [1.165, 1.54) is 0 Å². The Balaban J connectivity index is 1.73. The molecule has 2 aromatic rings. The van der Waals surface area contributed by atoms with Gasteiger partial charge in [0.25, 0.3) is 5.91 Å². The first kappa shape index (κ1) is 17.4. The number of amides is 1. The van der Waals surface area contributed by atoms with E-state index in [-0.39, 0.29) is 10.9 Å². The number of carbonyl (C=O) groups is 1. The highest BCUT2D eigenvalue weighted by Gasteiger charge is 2.28. The van der Waals surface area contributed by atoms with Crippen molar-refractivity contribution in [1.29, 1.82) is 0 Å². The number of nitrogens with one attached hydrogen (secondary N) is 1. The number of aryl methyl sites for hydroxylation is 1. The van der Waals surface area contributed by atoms with Crippen molar-refractivity contribution in [2.45, 2.75) is 24.3 Å². The molecule has 1 fully saturated rings. The number of carbonyl (C=O) groups excluding carboxylic acids is 1. The second kappa shape index (κ2) is 6.85. The molecule has 3 N–H and O–H groups in total. The summed E-state index contributed by atoms with van der Waals surface area (Å²) in [7, 11) is -3.56. The fourth-order valence-electron chi connectivity index (χ4n) is 3.04. The smallest absolute Gasteiger partial charge is 0.250 e. The van der Waals surface area contributed by atoms with Crippen LogP contribution < -0.4 is 15.4 Å². The van der Waals surface area contributed by atoms with Crippen LogP contribution in [0, 0.1) is 6.92 Å². The number of primary amides is 1. The number of anilines is 1. The SMILES string of the molecule is Cc1ccc(S(=O)(=O)NC2CCN(c3ccccc3C(N)=O)C2)cc1. The zero-order valence-electron chi connectivity index (χ0n) is 14.0. The summed E-state index contributed by atoms with van der Waals surface area (Å²) in [6, 6.07) is 13.7. The van der Waals surface area contributed by atoms with Gasteiger partial charge in [0.15, 0.2) is 0 Å². The lowest BCUT2D eigenvalue weighted by atomic mass is 10.1. The number of benzene rings is 2. The molecule has 1 atom stereocenters. The predicted octanol–water partition coefficient (Wildman–Crippen LogP) is 1.65. The Hall–Kier alpha value is -2.38. The first-order valence-electron chi connectivity index (χ1n) is 8.09. The van der Waals surface area contributed by atoms with E-state index in [1.807, 2.05) is 24.0 Å². The van der Waals surface area contributed by atoms with Crippen LogP contribution in [0.3, 0.4) is 0 Å². The van der Waals surface area contributed by atoms with E-state index in [0.717, 1.165) is 11.3 Å². The quantitative estimate of drug-likeness (QED) is 0.849. The lowest BCUT2D eigenvalue weighted by Gasteiger charge is -2.21. The van der Waals surface area contributed by atoms with Gasteiger partial charge >= 0.3 is 0 Å². The monoisotopic (exact) mass is 359 g/mol. The van der Waals surface area contributed by atoms with Crippen LogP contribution in [-0.2, 0) is 10.0 Å². The maximum absolute atomic E-state index is 12.5. The van der Waals surface area contributed by atoms with Crippen molar-refractivity contribution in [3.8, 4) is 0 Å². The molecule has 0 spiro atoms. The highest BCUT2D eigenvalue weighted by molar-refractivity contribution is 7.89. The molecule has 3 rings (SSSR count). The fourth-order valence-corrected chi connectivity index (χ4v) is 4.30. The third-order valence-corrected chi connectivity index (χ3v) is 5.89. The van der Waals surface area contributed by atoms with E-state index in [1.54, 1.807) is 36.4 Å². The summed E-state index contributed by atoms with van der Waals surface area (Å²) >= 11 is 0. The molecule has 1 unspecified atom stereocenters. The number of hydrogen-bond donors (Lipinski definition) is 2. The van der Waals surface area contributed by atoms with E-state index >= 15 is 0 Å². The van der Waals surface area contributed by atoms with Crippen LogP contribution in [0.4, 0.5) is 5.69 Å². The summed E-state index contributed by atoms with van der Waals surface area (Å²) in [5, 5.41) is 0. The minimum Gasteiger partial charge on any atom is -0.369 e. The van der Waals surface area contributed by atoms with E-state index in [9.17, 15) is 13.2 Å². The van der Waals surface area contributed by atoms with Gasteiger partial charge in [-0.15, -0.1) is 0 Å². The molecule has 25 heavy (non-hydrogen) atoms. The average Bonchev–Trinajstić information content (AvgIpc) is 3.03. The normalized spacial score (nSPS) is 17.6. The highest BCUT2D eigenvalue weighted by Crippen LogP contribution is 2.25. The highest BCUT2D eigenvalue weighted by atomic mass is 32.2. The lowest BCUT2D eigenvalue weighted by molar-refractivity contribution is 0.100. The molecule has 1 aliphatic heterocycles. The maximum atomic E-state index is 12.5. The standard InChI is InChI=1S/C18H21N3O3S/c1-13-6-8-15(9-7-13)25(23,24)20-14-10-11-21(12-14)17-5-3-2-4-16(17)18(19)22/h2-9,14,20H,10-12H2,1H3,(H2,19,22). The zero-order valence-corrected chi connectivity index (χ0v) is 14.8. The van der Waals surface area contributed by atoms with Crippen LogP contribution in [0.15, 0.2) is 53.4 Å². The van der Waals surface area contributed by atoms with Gasteiger partial charge in [-0.05, 0) is 37.6 Å². The molecule has 132 valence electrons. The van der Waals surface area contributed by atoms with E-state index in [4.69, 9.17) is 5.73 Å². The molecule has 7 heteroatoms. The van der Waals surface area contributed by atoms with E-state index in [0.29, 0.717) is 25.1 Å². The van der Waals surface area contributed by atoms with Gasteiger partial charge in [-0.1, -0.05) is 29.8 Å². The van der Waals surface area contributed by atoms with Gasteiger partial charge in [0, 0.05) is 24.8 Å². The number of sulfonamides is 1. The van der Waals surface area contributed by atoms with Crippen molar-refractivity contribution in [3.05, 3.63) is 59.7 Å². The van der Waals surface area contributed by atoms with Crippen LogP contribution >= 0.6 is 0 Å². The topological polar surface area (TPSA) is 92.5 Å².